The van der Waals surface area contributed by atoms with E-state index < -0.39 is 0 Å². The van der Waals surface area contributed by atoms with Gasteiger partial charge in [-0.05, 0) is 12.1 Å². The Balaban J connectivity index is 2.62. The summed E-state index contributed by atoms with van der Waals surface area (Å²) in [6.07, 6.45) is 0.681. The van der Waals surface area contributed by atoms with Crippen LogP contribution in [-0.2, 0) is 0 Å². The van der Waals surface area contributed by atoms with Gasteiger partial charge in [0.2, 0.25) is 0 Å². The summed E-state index contributed by atoms with van der Waals surface area (Å²) >= 11 is 0. The molecule has 0 bridgehead atoms. The number of hydrogen-bond donors (Lipinski definition) is 2. The van der Waals surface area contributed by atoms with Gasteiger partial charge in [-0.2, -0.15) is 5.10 Å². The first-order chi connectivity index (χ1) is 7.77. The summed E-state index contributed by atoms with van der Waals surface area (Å²) in [7, 11) is 1.57. The zero-order valence-electron chi connectivity index (χ0n) is 8.73. The van der Waals surface area contributed by atoms with Gasteiger partial charge in [0.1, 0.15) is 5.75 Å². The van der Waals surface area contributed by atoms with E-state index >= 15 is 0 Å². The van der Waals surface area contributed by atoms with Crippen LogP contribution in [0.5, 0.6) is 5.75 Å². The Morgan fingerprint density at radius 3 is 2.88 bits per heavy atom. The minimum Gasteiger partial charge on any atom is -0.496 e. The van der Waals surface area contributed by atoms with Crippen molar-refractivity contribution in [3.8, 4) is 17.0 Å². The second-order valence-corrected chi connectivity index (χ2v) is 3.22. The Labute approximate surface area is 92.2 Å². The quantitative estimate of drug-likeness (QED) is 0.763. The number of para-hydroxylation sites is 1. The molecule has 5 heteroatoms. The highest BCUT2D eigenvalue weighted by Crippen LogP contribution is 2.31. The first-order valence-corrected chi connectivity index (χ1v) is 4.70. The van der Waals surface area contributed by atoms with Crippen molar-refractivity contribution < 1.29 is 9.53 Å². The number of aldehydes is 1. The Hall–Kier alpha value is -2.30. The summed E-state index contributed by atoms with van der Waals surface area (Å²) in [5.74, 6) is 0.852. The van der Waals surface area contributed by atoms with Crippen LogP contribution in [0.2, 0.25) is 0 Å². The molecule has 0 atom stereocenters. The highest BCUT2D eigenvalue weighted by Gasteiger charge is 2.14. The molecule has 3 N–H and O–H groups in total. The molecule has 1 aromatic heterocycles. The number of aromatic amines is 1. The van der Waals surface area contributed by atoms with Crippen LogP contribution in [0, 0.1) is 0 Å². The third-order valence-electron chi connectivity index (χ3n) is 2.33. The van der Waals surface area contributed by atoms with E-state index in [0.29, 0.717) is 23.3 Å². The van der Waals surface area contributed by atoms with E-state index in [4.69, 9.17) is 10.5 Å². The maximum absolute atomic E-state index is 10.9. The van der Waals surface area contributed by atoms with Gasteiger partial charge >= 0.3 is 0 Å². The number of nitrogen functional groups attached to an aromatic ring is 1. The molecule has 16 heavy (non-hydrogen) atoms. The Kier molecular flexibility index (Phi) is 2.59. The van der Waals surface area contributed by atoms with Gasteiger partial charge in [-0.3, -0.25) is 9.89 Å². The van der Waals surface area contributed by atoms with Crippen LogP contribution in [0.15, 0.2) is 24.3 Å². The molecular formula is C11H11N3O2. The summed E-state index contributed by atoms with van der Waals surface area (Å²) in [4.78, 5) is 10.9. The van der Waals surface area contributed by atoms with Crippen LogP contribution in [0.3, 0.4) is 0 Å². The van der Waals surface area contributed by atoms with Crippen molar-refractivity contribution in [2.75, 3.05) is 12.8 Å². The summed E-state index contributed by atoms with van der Waals surface area (Å²) in [5.41, 5.74) is 7.25. The minimum absolute atomic E-state index is 0.191. The minimum atomic E-state index is 0.191. The molecule has 0 radical (unpaired) electrons. The van der Waals surface area contributed by atoms with E-state index in [0.717, 1.165) is 5.56 Å². The maximum Gasteiger partial charge on any atom is 0.156 e. The van der Waals surface area contributed by atoms with Crippen LogP contribution in [0.25, 0.3) is 11.3 Å². The van der Waals surface area contributed by atoms with Crippen LogP contribution < -0.4 is 10.5 Å². The van der Waals surface area contributed by atoms with Crippen molar-refractivity contribution >= 4 is 12.1 Å². The fourth-order valence-electron chi connectivity index (χ4n) is 1.54. The third kappa shape index (κ3) is 1.52. The van der Waals surface area contributed by atoms with Crippen LogP contribution >= 0.6 is 0 Å². The normalized spacial score (nSPS) is 10.1. The van der Waals surface area contributed by atoms with E-state index in [2.05, 4.69) is 10.2 Å². The summed E-state index contributed by atoms with van der Waals surface area (Å²) in [6.45, 7) is 0. The van der Waals surface area contributed by atoms with Crippen molar-refractivity contribution in [3.63, 3.8) is 0 Å². The molecule has 0 aliphatic carbocycles. The molecule has 0 saturated carbocycles. The standard InChI is InChI=1S/C11H11N3O2/c1-16-9-5-3-2-4-7(9)10-8(6-15)11(12)14-13-10/h2-6H,1H3,(H3,12,13,14). The SMILES string of the molecule is COc1ccccc1-c1[nH]nc(N)c1C=O. The van der Waals surface area contributed by atoms with Crippen molar-refractivity contribution in [2.45, 2.75) is 0 Å². The number of nitrogens with one attached hydrogen (secondary N) is 1. The van der Waals surface area contributed by atoms with Gasteiger partial charge in [0.25, 0.3) is 0 Å². The number of benzene rings is 1. The van der Waals surface area contributed by atoms with Crippen LogP contribution in [-0.4, -0.2) is 23.6 Å². The second-order valence-electron chi connectivity index (χ2n) is 3.22. The molecule has 0 amide bonds. The molecule has 0 unspecified atom stereocenters. The molecule has 1 heterocycles. The summed E-state index contributed by atoms with van der Waals surface area (Å²) in [6, 6.07) is 7.34. The molecule has 2 rings (SSSR count). The zero-order chi connectivity index (χ0) is 11.5. The van der Waals surface area contributed by atoms with E-state index in [1.807, 2.05) is 18.2 Å². The number of carbonyl (C=O) groups excluding carboxylic acids is 1. The Morgan fingerprint density at radius 2 is 2.19 bits per heavy atom. The fourth-order valence-corrected chi connectivity index (χ4v) is 1.54. The smallest absolute Gasteiger partial charge is 0.156 e. The first-order valence-electron chi connectivity index (χ1n) is 4.70. The number of rotatable bonds is 3. The van der Waals surface area contributed by atoms with E-state index in [1.165, 1.54) is 0 Å². The molecule has 5 nitrogen and oxygen atoms in total. The Morgan fingerprint density at radius 1 is 1.44 bits per heavy atom. The van der Waals surface area contributed by atoms with Gasteiger partial charge < -0.3 is 10.5 Å². The van der Waals surface area contributed by atoms with Crippen molar-refractivity contribution in [2.24, 2.45) is 0 Å². The molecule has 0 saturated heterocycles. The van der Waals surface area contributed by atoms with Crippen LogP contribution in [0.1, 0.15) is 10.4 Å². The highest BCUT2D eigenvalue weighted by atomic mass is 16.5. The number of ether oxygens (including phenoxy) is 1. The van der Waals surface area contributed by atoms with Gasteiger partial charge in [0.15, 0.2) is 12.1 Å². The van der Waals surface area contributed by atoms with Gasteiger partial charge in [-0.15, -0.1) is 0 Å². The molecule has 0 aliphatic heterocycles. The molecule has 0 aliphatic rings. The zero-order valence-corrected chi connectivity index (χ0v) is 8.73. The third-order valence-corrected chi connectivity index (χ3v) is 2.33. The van der Waals surface area contributed by atoms with E-state index in [1.54, 1.807) is 13.2 Å². The number of anilines is 1. The van der Waals surface area contributed by atoms with Crippen LogP contribution in [0.4, 0.5) is 5.82 Å². The first kappa shape index (κ1) is 10.2. The number of H-pyrrole nitrogens is 1. The Bertz CT molecular complexity index is 520. The molecule has 2 aromatic rings. The lowest BCUT2D eigenvalue weighted by Gasteiger charge is -2.06. The predicted molar refractivity (Wildman–Crippen MR) is 60.4 cm³/mol. The van der Waals surface area contributed by atoms with Gasteiger partial charge in [0, 0.05) is 5.56 Å². The van der Waals surface area contributed by atoms with E-state index in [9.17, 15) is 4.79 Å². The number of nitrogens with two attached hydrogens (primary N) is 1. The largest absolute Gasteiger partial charge is 0.496 e. The molecule has 0 spiro atoms. The molecule has 82 valence electrons. The van der Waals surface area contributed by atoms with E-state index in [-0.39, 0.29) is 5.82 Å². The number of aromatic nitrogens is 2. The molecule has 0 fully saturated rings. The summed E-state index contributed by atoms with van der Waals surface area (Å²) in [5, 5.41) is 6.53. The lowest BCUT2D eigenvalue weighted by Crippen LogP contribution is -1.92. The average molecular weight is 217 g/mol. The molecule has 1 aromatic carbocycles. The van der Waals surface area contributed by atoms with Crippen molar-refractivity contribution in [3.05, 3.63) is 29.8 Å². The monoisotopic (exact) mass is 217 g/mol. The number of methoxy groups -OCH3 is 1. The average Bonchev–Trinajstić information content (AvgIpc) is 2.70. The van der Waals surface area contributed by atoms with Gasteiger partial charge in [0.05, 0.1) is 18.4 Å². The second kappa shape index (κ2) is 4.06. The molecular weight excluding hydrogens is 206 g/mol. The van der Waals surface area contributed by atoms with Crippen molar-refractivity contribution in [1.82, 2.24) is 10.2 Å². The highest BCUT2D eigenvalue weighted by molar-refractivity contribution is 5.92. The lowest BCUT2D eigenvalue weighted by atomic mass is 10.1. The maximum atomic E-state index is 10.9. The predicted octanol–water partition coefficient (Wildman–Crippen LogP) is 1.48. The number of hydrogen-bond acceptors (Lipinski definition) is 4. The number of nitrogens with zero attached hydrogens (tertiary/aromatic N) is 1. The topological polar surface area (TPSA) is 81.0 Å². The summed E-state index contributed by atoms with van der Waals surface area (Å²) < 4.78 is 5.20. The lowest BCUT2D eigenvalue weighted by molar-refractivity contribution is 0.112. The fraction of sp³-hybridized carbons (Fsp3) is 0.0909. The van der Waals surface area contributed by atoms with Gasteiger partial charge in [-0.25, -0.2) is 0 Å². The number of carbonyl (C=O) groups is 1. The van der Waals surface area contributed by atoms with Gasteiger partial charge in [-0.1, -0.05) is 12.1 Å². The van der Waals surface area contributed by atoms with Crippen molar-refractivity contribution in [1.29, 1.82) is 0 Å².